The number of hydrogen-bond donors (Lipinski definition) is 1. The molecule has 0 saturated heterocycles. The molecule has 2 aromatic rings. The molecule has 19 heavy (non-hydrogen) atoms. The molecule has 1 heterocycles. The molecule has 0 aliphatic carbocycles. The number of benzene rings is 1. The summed E-state index contributed by atoms with van der Waals surface area (Å²) in [5.41, 5.74) is 11.2. The third-order valence-corrected chi connectivity index (χ3v) is 3.77. The van der Waals surface area contributed by atoms with Gasteiger partial charge in [-0.1, -0.05) is 38.1 Å². The van der Waals surface area contributed by atoms with E-state index < -0.39 is 0 Å². The Bertz CT molecular complexity index is 538. The highest BCUT2D eigenvalue weighted by Gasteiger charge is 2.13. The van der Waals surface area contributed by atoms with Gasteiger partial charge in [-0.2, -0.15) is 5.10 Å². The number of aryl methyl sites for hydroxylation is 1. The first-order valence-electron chi connectivity index (χ1n) is 6.82. The fourth-order valence-corrected chi connectivity index (χ4v) is 2.28. The normalized spacial score (nSPS) is 12.9. The summed E-state index contributed by atoms with van der Waals surface area (Å²) in [4.78, 5) is 0. The van der Waals surface area contributed by atoms with E-state index in [-0.39, 0.29) is 6.04 Å². The molecule has 0 aliphatic heterocycles. The van der Waals surface area contributed by atoms with Crippen molar-refractivity contribution in [3.8, 4) is 0 Å². The summed E-state index contributed by atoms with van der Waals surface area (Å²) in [6.45, 7) is 6.48. The molecule has 2 N–H and O–H groups in total. The van der Waals surface area contributed by atoms with Crippen LogP contribution in [0.25, 0.3) is 0 Å². The van der Waals surface area contributed by atoms with Crippen LogP contribution < -0.4 is 5.73 Å². The molecule has 0 saturated carbocycles. The van der Waals surface area contributed by atoms with Gasteiger partial charge < -0.3 is 5.73 Å². The maximum absolute atomic E-state index is 6.29. The van der Waals surface area contributed by atoms with Crippen LogP contribution in [0.3, 0.4) is 0 Å². The third-order valence-electron chi connectivity index (χ3n) is 3.77. The Kier molecular flexibility index (Phi) is 4.05. The zero-order valence-electron chi connectivity index (χ0n) is 12.2. The molecule has 1 aromatic heterocycles. The minimum atomic E-state index is 0.0126. The lowest BCUT2D eigenvalue weighted by atomic mass is 9.97. The van der Waals surface area contributed by atoms with Crippen molar-refractivity contribution in [3.05, 3.63) is 52.8 Å². The van der Waals surface area contributed by atoms with E-state index in [4.69, 9.17) is 5.73 Å². The van der Waals surface area contributed by atoms with E-state index in [9.17, 15) is 0 Å². The molecule has 0 fully saturated rings. The number of hydrogen-bond acceptors (Lipinski definition) is 2. The smallest absolute Gasteiger partial charge is 0.0540 e. The van der Waals surface area contributed by atoms with E-state index in [1.54, 1.807) is 0 Å². The molecule has 2 rings (SSSR count). The summed E-state index contributed by atoms with van der Waals surface area (Å²) >= 11 is 0. The van der Waals surface area contributed by atoms with Crippen molar-refractivity contribution in [2.45, 2.75) is 39.2 Å². The van der Waals surface area contributed by atoms with Crippen LogP contribution >= 0.6 is 0 Å². The molecule has 3 heteroatoms. The lowest BCUT2D eigenvalue weighted by molar-refractivity contribution is 0.700. The van der Waals surface area contributed by atoms with Crippen molar-refractivity contribution in [3.63, 3.8) is 0 Å². The second kappa shape index (κ2) is 5.57. The van der Waals surface area contributed by atoms with Crippen LogP contribution in [0.1, 0.15) is 48.2 Å². The fraction of sp³-hybridized carbons (Fsp3) is 0.438. The number of aromatic nitrogens is 2. The molecular formula is C16H23N3. The molecule has 1 atom stereocenters. The summed E-state index contributed by atoms with van der Waals surface area (Å²) < 4.78 is 1.87. The lowest BCUT2D eigenvalue weighted by Gasteiger charge is -2.12. The standard InChI is InChI=1S/C16H23N3/c1-11(2)14-7-5-13(6-8-14)9-16(17)15-10-18-19(4)12(15)3/h5-8,10-11,16H,9,17H2,1-4H3. The molecule has 3 nitrogen and oxygen atoms in total. The fourth-order valence-electron chi connectivity index (χ4n) is 2.28. The summed E-state index contributed by atoms with van der Waals surface area (Å²) in [5.74, 6) is 0.572. The molecule has 0 aliphatic rings. The Hall–Kier alpha value is -1.61. The monoisotopic (exact) mass is 257 g/mol. The lowest BCUT2D eigenvalue weighted by Crippen LogP contribution is -2.14. The van der Waals surface area contributed by atoms with Gasteiger partial charge in [-0.05, 0) is 30.4 Å². The number of nitrogens with zero attached hydrogens (tertiary/aromatic N) is 2. The van der Waals surface area contributed by atoms with Crippen molar-refractivity contribution in [2.24, 2.45) is 12.8 Å². The predicted octanol–water partition coefficient (Wildman–Crippen LogP) is 3.09. The second-order valence-electron chi connectivity index (χ2n) is 5.52. The van der Waals surface area contributed by atoms with E-state index in [2.05, 4.69) is 50.1 Å². The minimum Gasteiger partial charge on any atom is -0.324 e. The SMILES string of the molecule is Cc1c(C(N)Cc2ccc(C(C)C)cc2)cnn1C. The molecule has 0 radical (unpaired) electrons. The van der Waals surface area contributed by atoms with E-state index in [1.165, 1.54) is 11.1 Å². The van der Waals surface area contributed by atoms with Gasteiger partial charge in [0.1, 0.15) is 0 Å². The highest BCUT2D eigenvalue weighted by Crippen LogP contribution is 2.21. The Labute approximate surface area is 115 Å². The largest absolute Gasteiger partial charge is 0.324 e. The second-order valence-corrected chi connectivity index (χ2v) is 5.52. The van der Waals surface area contributed by atoms with Crippen molar-refractivity contribution in [1.82, 2.24) is 9.78 Å². The maximum Gasteiger partial charge on any atom is 0.0540 e. The molecule has 102 valence electrons. The molecule has 1 aromatic carbocycles. The molecule has 1 unspecified atom stereocenters. The van der Waals surface area contributed by atoms with Gasteiger partial charge >= 0.3 is 0 Å². The first-order valence-corrected chi connectivity index (χ1v) is 6.82. The van der Waals surface area contributed by atoms with E-state index in [0.717, 1.165) is 17.7 Å². The van der Waals surface area contributed by atoms with Crippen LogP contribution in [0, 0.1) is 6.92 Å². The third kappa shape index (κ3) is 3.04. The molecular weight excluding hydrogens is 234 g/mol. The van der Waals surface area contributed by atoms with Crippen molar-refractivity contribution < 1.29 is 0 Å². The Morgan fingerprint density at radius 2 is 1.84 bits per heavy atom. The van der Waals surface area contributed by atoms with Crippen LogP contribution in [0.5, 0.6) is 0 Å². The predicted molar refractivity (Wildman–Crippen MR) is 79.1 cm³/mol. The van der Waals surface area contributed by atoms with Gasteiger partial charge in [0.25, 0.3) is 0 Å². The van der Waals surface area contributed by atoms with Gasteiger partial charge in [-0.15, -0.1) is 0 Å². The van der Waals surface area contributed by atoms with Gasteiger partial charge in [-0.3, -0.25) is 4.68 Å². The van der Waals surface area contributed by atoms with E-state index >= 15 is 0 Å². The first kappa shape index (κ1) is 13.8. The molecule has 0 spiro atoms. The molecule has 0 bridgehead atoms. The minimum absolute atomic E-state index is 0.0126. The van der Waals surface area contributed by atoms with E-state index in [1.807, 2.05) is 17.9 Å². The van der Waals surface area contributed by atoms with Crippen LogP contribution in [0.4, 0.5) is 0 Å². The van der Waals surface area contributed by atoms with Gasteiger partial charge in [0.15, 0.2) is 0 Å². The topological polar surface area (TPSA) is 43.8 Å². The summed E-state index contributed by atoms with van der Waals surface area (Å²) in [6, 6.07) is 8.77. The van der Waals surface area contributed by atoms with E-state index in [0.29, 0.717) is 5.92 Å². The van der Waals surface area contributed by atoms with Gasteiger partial charge in [0, 0.05) is 24.3 Å². The summed E-state index contributed by atoms with van der Waals surface area (Å²) in [5, 5.41) is 4.25. The zero-order valence-corrected chi connectivity index (χ0v) is 12.2. The zero-order chi connectivity index (χ0) is 14.0. The van der Waals surface area contributed by atoms with Gasteiger partial charge in [0.2, 0.25) is 0 Å². The first-order chi connectivity index (χ1) is 8.99. The van der Waals surface area contributed by atoms with Crippen LogP contribution in [-0.2, 0) is 13.5 Å². The molecule has 0 amide bonds. The average Bonchev–Trinajstić information content (AvgIpc) is 2.70. The van der Waals surface area contributed by atoms with Gasteiger partial charge in [-0.25, -0.2) is 0 Å². The van der Waals surface area contributed by atoms with Crippen molar-refractivity contribution in [1.29, 1.82) is 0 Å². The maximum atomic E-state index is 6.29. The highest BCUT2D eigenvalue weighted by atomic mass is 15.3. The summed E-state index contributed by atoms with van der Waals surface area (Å²) in [6.07, 6.45) is 2.73. The Balaban J connectivity index is 2.10. The Morgan fingerprint density at radius 1 is 1.21 bits per heavy atom. The number of nitrogens with two attached hydrogens (primary N) is 1. The quantitative estimate of drug-likeness (QED) is 0.914. The van der Waals surface area contributed by atoms with Crippen LogP contribution in [-0.4, -0.2) is 9.78 Å². The summed E-state index contributed by atoms with van der Waals surface area (Å²) in [7, 11) is 1.95. The highest BCUT2D eigenvalue weighted by molar-refractivity contribution is 5.28. The Morgan fingerprint density at radius 3 is 2.32 bits per heavy atom. The number of rotatable bonds is 4. The van der Waals surface area contributed by atoms with Crippen molar-refractivity contribution >= 4 is 0 Å². The average molecular weight is 257 g/mol. The van der Waals surface area contributed by atoms with Gasteiger partial charge in [0.05, 0.1) is 6.20 Å². The van der Waals surface area contributed by atoms with Crippen molar-refractivity contribution in [2.75, 3.05) is 0 Å². The van der Waals surface area contributed by atoms with Crippen LogP contribution in [0.2, 0.25) is 0 Å². The van der Waals surface area contributed by atoms with Crippen LogP contribution in [0.15, 0.2) is 30.5 Å².